The van der Waals surface area contributed by atoms with Crippen molar-refractivity contribution < 1.29 is 18.8 Å². The van der Waals surface area contributed by atoms with Gasteiger partial charge in [-0.1, -0.05) is 23.5 Å². The first-order valence-corrected chi connectivity index (χ1v) is 14.4. The van der Waals surface area contributed by atoms with Gasteiger partial charge in [-0.25, -0.2) is 4.39 Å². The summed E-state index contributed by atoms with van der Waals surface area (Å²) >= 11 is 2.81. The topological polar surface area (TPSA) is 90.5 Å². The summed E-state index contributed by atoms with van der Waals surface area (Å²) in [5.74, 6) is -1.74. The van der Waals surface area contributed by atoms with E-state index in [1.54, 1.807) is 28.8 Å². The number of carbonyl (C=O) groups is 3. The molecule has 0 spiro atoms. The number of hydrogen-bond donors (Lipinski definition) is 1. The van der Waals surface area contributed by atoms with E-state index in [-0.39, 0.29) is 63.9 Å². The summed E-state index contributed by atoms with van der Waals surface area (Å²) in [5.41, 5.74) is 0.932. The lowest BCUT2D eigenvalue weighted by Crippen LogP contribution is -2.45. The first-order valence-electron chi connectivity index (χ1n) is 12.7. The van der Waals surface area contributed by atoms with Gasteiger partial charge in [0.25, 0.3) is 0 Å². The highest BCUT2D eigenvalue weighted by molar-refractivity contribution is 8.00. The van der Waals surface area contributed by atoms with E-state index in [1.807, 2.05) is 0 Å². The number of imide groups is 1. The van der Waals surface area contributed by atoms with Crippen molar-refractivity contribution in [1.29, 1.82) is 0 Å². The van der Waals surface area contributed by atoms with Crippen LogP contribution in [0.25, 0.3) is 0 Å². The van der Waals surface area contributed by atoms with Crippen molar-refractivity contribution in [2.75, 3.05) is 19.6 Å². The molecule has 3 aliphatic heterocycles. The molecule has 7 unspecified atom stereocenters. The summed E-state index contributed by atoms with van der Waals surface area (Å²) in [6, 6.07) is 6.43. The van der Waals surface area contributed by atoms with E-state index < -0.39 is 11.8 Å². The molecule has 2 aromatic rings. The minimum absolute atomic E-state index is 0.00977. The number of hydrogen-bond acceptors (Lipinski definition) is 6. The molecule has 36 heavy (non-hydrogen) atoms. The van der Waals surface area contributed by atoms with Crippen molar-refractivity contribution in [3.63, 3.8) is 0 Å². The van der Waals surface area contributed by atoms with Gasteiger partial charge in [0.2, 0.25) is 17.7 Å². The number of H-pyrrole nitrogens is 1. The summed E-state index contributed by atoms with van der Waals surface area (Å²) < 4.78 is 13.7. The molecule has 7 rings (SSSR count). The lowest BCUT2D eigenvalue weighted by Gasteiger charge is -2.43. The van der Waals surface area contributed by atoms with Crippen molar-refractivity contribution in [1.82, 2.24) is 14.8 Å². The number of nitrogens with one attached hydrogen (secondary N) is 1. The Morgan fingerprint density at radius 1 is 1.00 bits per heavy atom. The van der Waals surface area contributed by atoms with Gasteiger partial charge in [0, 0.05) is 29.1 Å². The second kappa shape index (κ2) is 8.28. The molecule has 188 valence electrons. The van der Waals surface area contributed by atoms with Crippen LogP contribution in [0.5, 0.6) is 0 Å². The van der Waals surface area contributed by atoms with Crippen LogP contribution >= 0.6 is 23.1 Å². The fourth-order valence-electron chi connectivity index (χ4n) is 7.66. The van der Waals surface area contributed by atoms with Gasteiger partial charge in [0.15, 0.2) is 0 Å². The Morgan fingerprint density at radius 2 is 1.69 bits per heavy atom. The third-order valence-corrected chi connectivity index (χ3v) is 11.6. The first-order chi connectivity index (χ1) is 17.4. The second-order valence-corrected chi connectivity index (χ2v) is 12.9. The van der Waals surface area contributed by atoms with Gasteiger partial charge in [0.1, 0.15) is 12.4 Å². The monoisotopic (exact) mass is 527 g/mol. The fourth-order valence-corrected chi connectivity index (χ4v) is 10.5. The number of amides is 3. The van der Waals surface area contributed by atoms with Gasteiger partial charge in [-0.3, -0.25) is 24.1 Å². The molecule has 4 heterocycles. The standard InChI is InChI=1S/C26H26FN3O4S2/c27-13-6-4-12(5-7-13)17-18-14-10-15(21(18)35-23-22(17)36-26(34)28-23)20-19(14)24(32)30(25(20)33)11-16(31)29-8-2-1-3-9-29/h4-7,14-15,17-21H,1-3,8-11H2,(H,28,34). The lowest BCUT2D eigenvalue weighted by atomic mass is 9.68. The van der Waals surface area contributed by atoms with Crippen LogP contribution in [0.1, 0.15) is 42.0 Å². The number of benzene rings is 1. The van der Waals surface area contributed by atoms with Gasteiger partial charge in [-0.05, 0) is 61.1 Å². The van der Waals surface area contributed by atoms with E-state index in [0.29, 0.717) is 13.1 Å². The minimum Gasteiger partial charge on any atom is -0.341 e. The molecule has 1 aromatic carbocycles. The van der Waals surface area contributed by atoms with Crippen LogP contribution in [0.15, 0.2) is 34.1 Å². The molecule has 1 aromatic heterocycles. The average molecular weight is 528 g/mol. The minimum atomic E-state index is -0.418. The zero-order valence-corrected chi connectivity index (χ0v) is 21.2. The zero-order valence-electron chi connectivity index (χ0n) is 19.5. The summed E-state index contributed by atoms with van der Waals surface area (Å²) in [4.78, 5) is 59.2. The van der Waals surface area contributed by atoms with Gasteiger partial charge >= 0.3 is 4.87 Å². The van der Waals surface area contributed by atoms with Crippen LogP contribution < -0.4 is 4.87 Å². The highest BCUT2D eigenvalue weighted by Gasteiger charge is 2.69. The van der Waals surface area contributed by atoms with E-state index in [9.17, 15) is 23.6 Å². The Hall–Kier alpha value is -2.46. The number of aromatic amines is 1. The Morgan fingerprint density at radius 3 is 2.42 bits per heavy atom. The van der Waals surface area contributed by atoms with Crippen molar-refractivity contribution in [3.8, 4) is 0 Å². The van der Waals surface area contributed by atoms with Crippen LogP contribution in [0, 0.1) is 35.4 Å². The Labute approximate surface area is 215 Å². The van der Waals surface area contributed by atoms with Gasteiger partial charge in [-0.2, -0.15) is 0 Å². The maximum absolute atomic E-state index is 13.7. The number of thioether (sulfide) groups is 1. The largest absolute Gasteiger partial charge is 0.341 e. The number of rotatable bonds is 3. The first kappa shape index (κ1) is 22.7. The highest BCUT2D eigenvalue weighted by Crippen LogP contribution is 2.68. The van der Waals surface area contributed by atoms with Crippen molar-refractivity contribution in [2.45, 2.75) is 41.9 Å². The predicted molar refractivity (Wildman–Crippen MR) is 132 cm³/mol. The summed E-state index contributed by atoms with van der Waals surface area (Å²) in [6.07, 6.45) is 3.81. The van der Waals surface area contributed by atoms with Gasteiger partial charge in [-0.15, -0.1) is 11.8 Å². The summed E-state index contributed by atoms with van der Waals surface area (Å²) in [7, 11) is 0. The molecular weight excluding hydrogens is 501 g/mol. The lowest BCUT2D eigenvalue weighted by molar-refractivity contribution is -0.147. The van der Waals surface area contributed by atoms with Crippen LogP contribution in [0.3, 0.4) is 0 Å². The zero-order chi connectivity index (χ0) is 24.7. The van der Waals surface area contributed by atoms with E-state index in [2.05, 4.69) is 4.98 Å². The maximum atomic E-state index is 13.7. The third kappa shape index (κ3) is 3.22. The number of nitrogens with zero attached hydrogens (tertiary/aromatic N) is 2. The quantitative estimate of drug-likeness (QED) is 0.620. The molecule has 2 aliphatic carbocycles. The number of thiazole rings is 1. The molecule has 4 fully saturated rings. The Balaban J connectivity index is 1.22. The average Bonchev–Trinajstić information content (AvgIpc) is 3.61. The van der Waals surface area contributed by atoms with Crippen LogP contribution in [0.2, 0.25) is 0 Å². The normalized spacial score (nSPS) is 34.6. The second-order valence-electron chi connectivity index (χ2n) is 10.7. The molecule has 7 nitrogen and oxygen atoms in total. The maximum Gasteiger partial charge on any atom is 0.305 e. The predicted octanol–water partition coefficient (Wildman–Crippen LogP) is 3.06. The Bertz CT molecular complexity index is 1320. The molecule has 1 N–H and O–H groups in total. The summed E-state index contributed by atoms with van der Waals surface area (Å²) in [5, 5.41) is 0.914. The number of likely N-dealkylation sites (tertiary alicyclic amines) is 2. The number of fused-ring (bicyclic) bond motifs is 9. The van der Waals surface area contributed by atoms with E-state index in [0.717, 1.165) is 41.1 Å². The van der Waals surface area contributed by atoms with Gasteiger partial charge in [0.05, 0.1) is 16.9 Å². The van der Waals surface area contributed by atoms with Crippen molar-refractivity contribution in [3.05, 3.63) is 50.2 Å². The number of aromatic nitrogens is 1. The number of halogens is 1. The smallest absolute Gasteiger partial charge is 0.305 e. The van der Waals surface area contributed by atoms with Crippen molar-refractivity contribution in [2.24, 2.45) is 29.6 Å². The molecule has 10 heteroatoms. The molecular formula is C26H26FN3O4S2. The fraction of sp³-hybridized carbons (Fsp3) is 0.538. The van der Waals surface area contributed by atoms with E-state index in [4.69, 9.17) is 0 Å². The van der Waals surface area contributed by atoms with Crippen molar-refractivity contribution >= 4 is 40.8 Å². The molecule has 2 bridgehead atoms. The molecule has 3 amide bonds. The molecule has 5 aliphatic rings. The van der Waals surface area contributed by atoms with Gasteiger partial charge < -0.3 is 9.88 Å². The summed E-state index contributed by atoms with van der Waals surface area (Å²) in [6.45, 7) is 1.22. The number of carbonyl (C=O) groups excluding carboxylic acids is 3. The highest BCUT2D eigenvalue weighted by atomic mass is 32.2. The third-order valence-electron chi connectivity index (χ3n) is 9.05. The molecule has 0 radical (unpaired) electrons. The molecule has 2 saturated heterocycles. The molecule has 2 saturated carbocycles. The molecule has 7 atom stereocenters. The van der Waals surface area contributed by atoms with Crippen LogP contribution in [-0.4, -0.2) is 57.4 Å². The van der Waals surface area contributed by atoms with Crippen LogP contribution in [-0.2, 0) is 14.4 Å². The van der Waals surface area contributed by atoms with Crippen LogP contribution in [0.4, 0.5) is 4.39 Å². The van der Waals surface area contributed by atoms with E-state index in [1.165, 1.54) is 28.4 Å². The number of piperidine rings is 1. The van der Waals surface area contributed by atoms with E-state index >= 15 is 0 Å². The Kier molecular flexibility index (Phi) is 5.22. The SMILES string of the molecule is O=C(CN1C(=O)C2C3CC(C2C1=O)C1C(c2ccc(F)cc2)c2sc(=O)[nH]c2SC31)N1CCCCC1.